The standard InChI is InChI=1S/C15H19N3O/c16-9-12-1-3-13(4-2-12)17-10-15-11-18(7-8-19-15)14-5-6-14/h1-4,14-15,17H,5-8,10-11H2/t15-/m0/s1. The Morgan fingerprint density at radius 2 is 2.11 bits per heavy atom. The average molecular weight is 257 g/mol. The van der Waals surface area contributed by atoms with Crippen LogP contribution in [0.1, 0.15) is 18.4 Å². The highest BCUT2D eigenvalue weighted by atomic mass is 16.5. The van der Waals surface area contributed by atoms with Crippen molar-refractivity contribution in [2.75, 3.05) is 31.6 Å². The minimum atomic E-state index is 0.269. The molecule has 4 heteroatoms. The van der Waals surface area contributed by atoms with Crippen LogP contribution < -0.4 is 5.32 Å². The van der Waals surface area contributed by atoms with Gasteiger partial charge in [-0.3, -0.25) is 4.90 Å². The number of rotatable bonds is 4. The van der Waals surface area contributed by atoms with Crippen LogP contribution in [0.2, 0.25) is 0 Å². The molecule has 0 spiro atoms. The quantitative estimate of drug-likeness (QED) is 0.894. The van der Waals surface area contributed by atoms with Gasteiger partial charge in [-0.2, -0.15) is 5.26 Å². The van der Waals surface area contributed by atoms with Crippen molar-refractivity contribution < 1.29 is 4.74 Å². The van der Waals surface area contributed by atoms with E-state index < -0.39 is 0 Å². The summed E-state index contributed by atoms with van der Waals surface area (Å²) in [4.78, 5) is 2.55. The van der Waals surface area contributed by atoms with Crippen LogP contribution in [-0.4, -0.2) is 43.3 Å². The van der Waals surface area contributed by atoms with Crippen LogP contribution in [0, 0.1) is 11.3 Å². The van der Waals surface area contributed by atoms with Gasteiger partial charge in [0.1, 0.15) is 0 Å². The lowest BCUT2D eigenvalue weighted by atomic mass is 10.2. The Morgan fingerprint density at radius 1 is 1.32 bits per heavy atom. The van der Waals surface area contributed by atoms with E-state index in [-0.39, 0.29) is 6.10 Å². The van der Waals surface area contributed by atoms with Gasteiger partial charge in [-0.1, -0.05) is 0 Å². The molecule has 2 aliphatic rings. The van der Waals surface area contributed by atoms with Crippen molar-refractivity contribution in [1.82, 2.24) is 4.90 Å². The van der Waals surface area contributed by atoms with Gasteiger partial charge in [0.2, 0.25) is 0 Å². The number of ether oxygens (including phenoxy) is 1. The van der Waals surface area contributed by atoms with E-state index in [1.165, 1.54) is 12.8 Å². The van der Waals surface area contributed by atoms with Crippen LogP contribution in [0.4, 0.5) is 5.69 Å². The summed E-state index contributed by atoms with van der Waals surface area (Å²) in [6, 6.07) is 10.5. The van der Waals surface area contributed by atoms with Gasteiger partial charge in [0.05, 0.1) is 24.3 Å². The predicted molar refractivity (Wildman–Crippen MR) is 74.0 cm³/mol. The molecule has 0 amide bonds. The molecule has 1 heterocycles. The second-order valence-electron chi connectivity index (χ2n) is 5.29. The SMILES string of the molecule is N#Cc1ccc(NC[C@H]2CN(C3CC3)CCO2)cc1. The molecular weight excluding hydrogens is 238 g/mol. The molecular formula is C15H19N3O. The lowest BCUT2D eigenvalue weighted by Gasteiger charge is -2.33. The largest absolute Gasteiger partial charge is 0.382 e. The van der Waals surface area contributed by atoms with Crippen LogP contribution in [0.25, 0.3) is 0 Å². The molecule has 1 saturated heterocycles. The normalized spacial score (nSPS) is 23.8. The first-order valence-corrected chi connectivity index (χ1v) is 6.95. The van der Waals surface area contributed by atoms with Crippen molar-refractivity contribution in [3.63, 3.8) is 0 Å². The third kappa shape index (κ3) is 3.25. The molecule has 2 fully saturated rings. The van der Waals surface area contributed by atoms with Crippen LogP contribution in [0.5, 0.6) is 0 Å². The Morgan fingerprint density at radius 3 is 2.79 bits per heavy atom. The zero-order chi connectivity index (χ0) is 13.1. The van der Waals surface area contributed by atoms with Gasteiger partial charge in [-0.25, -0.2) is 0 Å². The maximum absolute atomic E-state index is 8.75. The van der Waals surface area contributed by atoms with Crippen molar-refractivity contribution in [2.24, 2.45) is 0 Å². The summed E-state index contributed by atoms with van der Waals surface area (Å²) in [6.45, 7) is 3.79. The topological polar surface area (TPSA) is 48.3 Å². The molecule has 0 aromatic heterocycles. The zero-order valence-electron chi connectivity index (χ0n) is 11.0. The number of nitrogens with one attached hydrogen (secondary N) is 1. The summed E-state index contributed by atoms with van der Waals surface area (Å²) in [5.41, 5.74) is 1.74. The maximum atomic E-state index is 8.75. The van der Waals surface area contributed by atoms with E-state index in [0.717, 1.165) is 38.0 Å². The molecule has 3 rings (SSSR count). The molecule has 0 radical (unpaired) electrons. The summed E-state index contributed by atoms with van der Waals surface area (Å²) in [5.74, 6) is 0. The molecule has 19 heavy (non-hydrogen) atoms. The van der Waals surface area contributed by atoms with Gasteiger partial charge in [0.25, 0.3) is 0 Å². The summed E-state index contributed by atoms with van der Waals surface area (Å²) >= 11 is 0. The van der Waals surface area contributed by atoms with E-state index in [1.807, 2.05) is 24.3 Å². The van der Waals surface area contributed by atoms with Crippen molar-refractivity contribution in [3.8, 4) is 6.07 Å². The monoisotopic (exact) mass is 257 g/mol. The Bertz CT molecular complexity index is 461. The van der Waals surface area contributed by atoms with Gasteiger partial charge in [0.15, 0.2) is 0 Å². The number of nitrogens with zero attached hydrogens (tertiary/aromatic N) is 2. The lowest BCUT2D eigenvalue weighted by Crippen LogP contribution is -2.46. The third-order valence-electron chi connectivity index (χ3n) is 3.78. The number of morpholine rings is 1. The Balaban J connectivity index is 1.49. The molecule has 0 unspecified atom stereocenters. The first-order chi connectivity index (χ1) is 9.35. The second kappa shape index (κ2) is 5.60. The van der Waals surface area contributed by atoms with Gasteiger partial charge in [-0.15, -0.1) is 0 Å². The molecule has 1 saturated carbocycles. The molecule has 1 N–H and O–H groups in total. The van der Waals surface area contributed by atoms with Crippen LogP contribution in [-0.2, 0) is 4.74 Å². The molecule has 1 aliphatic carbocycles. The molecule has 4 nitrogen and oxygen atoms in total. The fraction of sp³-hybridized carbons (Fsp3) is 0.533. The fourth-order valence-corrected chi connectivity index (χ4v) is 2.53. The third-order valence-corrected chi connectivity index (χ3v) is 3.78. The van der Waals surface area contributed by atoms with Crippen molar-refractivity contribution in [2.45, 2.75) is 25.0 Å². The molecule has 1 atom stereocenters. The highest BCUT2D eigenvalue weighted by Gasteiger charge is 2.32. The Labute approximate surface area is 114 Å². The predicted octanol–water partition coefficient (Wildman–Crippen LogP) is 1.83. The highest BCUT2D eigenvalue weighted by molar-refractivity contribution is 5.47. The van der Waals surface area contributed by atoms with Gasteiger partial charge >= 0.3 is 0 Å². The van der Waals surface area contributed by atoms with Crippen LogP contribution >= 0.6 is 0 Å². The van der Waals surface area contributed by atoms with Crippen LogP contribution in [0.15, 0.2) is 24.3 Å². The van der Waals surface area contributed by atoms with Gasteiger partial charge in [0, 0.05) is 31.4 Å². The second-order valence-corrected chi connectivity index (χ2v) is 5.29. The summed E-state index contributed by atoms with van der Waals surface area (Å²) < 4.78 is 5.80. The van der Waals surface area contributed by atoms with E-state index in [0.29, 0.717) is 5.56 Å². The Kier molecular flexibility index (Phi) is 3.67. The number of hydrogen-bond acceptors (Lipinski definition) is 4. The minimum Gasteiger partial charge on any atom is -0.382 e. The highest BCUT2D eigenvalue weighted by Crippen LogP contribution is 2.28. The lowest BCUT2D eigenvalue weighted by molar-refractivity contribution is -0.0241. The van der Waals surface area contributed by atoms with Crippen LogP contribution in [0.3, 0.4) is 0 Å². The fourth-order valence-electron chi connectivity index (χ4n) is 2.53. The van der Waals surface area contributed by atoms with Crippen molar-refractivity contribution in [3.05, 3.63) is 29.8 Å². The molecule has 1 aromatic carbocycles. The molecule has 100 valence electrons. The Hall–Kier alpha value is -1.57. The smallest absolute Gasteiger partial charge is 0.0991 e. The van der Waals surface area contributed by atoms with Crippen molar-refractivity contribution >= 4 is 5.69 Å². The zero-order valence-corrected chi connectivity index (χ0v) is 11.0. The first kappa shape index (κ1) is 12.5. The van der Waals surface area contributed by atoms with E-state index in [9.17, 15) is 0 Å². The van der Waals surface area contributed by atoms with E-state index in [2.05, 4.69) is 16.3 Å². The molecule has 1 aliphatic heterocycles. The van der Waals surface area contributed by atoms with E-state index in [4.69, 9.17) is 10.00 Å². The number of nitriles is 1. The van der Waals surface area contributed by atoms with Crippen molar-refractivity contribution in [1.29, 1.82) is 5.26 Å². The van der Waals surface area contributed by atoms with E-state index in [1.54, 1.807) is 0 Å². The first-order valence-electron chi connectivity index (χ1n) is 6.95. The number of benzene rings is 1. The van der Waals surface area contributed by atoms with Gasteiger partial charge in [-0.05, 0) is 37.1 Å². The summed E-state index contributed by atoms with van der Waals surface area (Å²) in [7, 11) is 0. The summed E-state index contributed by atoms with van der Waals surface area (Å²) in [5, 5.41) is 12.1. The molecule has 1 aromatic rings. The number of hydrogen-bond donors (Lipinski definition) is 1. The number of anilines is 1. The van der Waals surface area contributed by atoms with Gasteiger partial charge < -0.3 is 10.1 Å². The van der Waals surface area contributed by atoms with E-state index >= 15 is 0 Å². The average Bonchev–Trinajstić information content (AvgIpc) is 3.31. The minimum absolute atomic E-state index is 0.269. The maximum Gasteiger partial charge on any atom is 0.0991 e. The molecule has 0 bridgehead atoms. The summed E-state index contributed by atoms with van der Waals surface area (Å²) in [6.07, 6.45) is 2.98.